The van der Waals surface area contributed by atoms with E-state index in [-0.39, 0.29) is 11.9 Å². The Bertz CT molecular complexity index is 217. The Morgan fingerprint density at radius 2 is 2.29 bits per heavy atom. The third-order valence-corrected chi connectivity index (χ3v) is 1.50. The summed E-state index contributed by atoms with van der Waals surface area (Å²) in [7, 11) is 0. The van der Waals surface area contributed by atoms with Crippen LogP contribution in [0.4, 0.5) is 0 Å². The Kier molecular flexibility index (Phi) is 6.09. The molecule has 0 bridgehead atoms. The fraction of sp³-hybridized carbons (Fsp3) is 0.625. The van der Waals surface area contributed by atoms with Gasteiger partial charge in [0.25, 0.3) is 0 Å². The van der Waals surface area contributed by atoms with Crippen molar-refractivity contribution >= 4 is 18.2 Å². The zero-order valence-electron chi connectivity index (χ0n) is 8.09. The van der Waals surface area contributed by atoms with Crippen molar-refractivity contribution in [2.24, 2.45) is 5.73 Å². The fourth-order valence-corrected chi connectivity index (χ4v) is 0.935. The number of guanidine groups is 1. The van der Waals surface area contributed by atoms with Crippen LogP contribution in [-0.2, 0) is 9.59 Å². The predicted molar refractivity (Wildman–Crippen MR) is 52.4 cm³/mol. The van der Waals surface area contributed by atoms with E-state index in [9.17, 15) is 9.59 Å². The molecule has 0 aromatic carbocycles. The third-order valence-electron chi connectivity index (χ3n) is 1.50. The molecule has 1 amide bonds. The molecule has 0 saturated carbocycles. The number of rotatable bonds is 6. The molecular weight excluding hydrogens is 184 g/mol. The van der Waals surface area contributed by atoms with Crippen molar-refractivity contribution in [3.05, 3.63) is 0 Å². The molecule has 1 atom stereocenters. The van der Waals surface area contributed by atoms with Crippen molar-refractivity contribution in [2.75, 3.05) is 6.54 Å². The second-order valence-electron chi connectivity index (χ2n) is 2.85. The number of nitrogens with one attached hydrogen (secondary N) is 3. The quantitative estimate of drug-likeness (QED) is 0.246. The zero-order chi connectivity index (χ0) is 11.0. The van der Waals surface area contributed by atoms with Gasteiger partial charge in [0.05, 0.1) is 6.04 Å². The van der Waals surface area contributed by atoms with Gasteiger partial charge in [-0.3, -0.25) is 15.0 Å². The molecule has 0 aliphatic rings. The molecule has 0 spiro atoms. The highest BCUT2D eigenvalue weighted by Crippen LogP contribution is 1.93. The van der Waals surface area contributed by atoms with E-state index in [0.29, 0.717) is 19.4 Å². The Hall–Kier alpha value is -1.59. The van der Waals surface area contributed by atoms with Crippen LogP contribution in [0.1, 0.15) is 19.8 Å². The van der Waals surface area contributed by atoms with E-state index in [1.165, 1.54) is 6.92 Å². The van der Waals surface area contributed by atoms with Crippen LogP contribution in [-0.4, -0.2) is 30.7 Å². The summed E-state index contributed by atoms with van der Waals surface area (Å²) >= 11 is 0. The highest BCUT2D eigenvalue weighted by molar-refractivity contribution is 5.77. The van der Waals surface area contributed by atoms with Crippen LogP contribution < -0.4 is 16.4 Å². The van der Waals surface area contributed by atoms with Gasteiger partial charge < -0.3 is 16.4 Å². The van der Waals surface area contributed by atoms with Crippen molar-refractivity contribution in [3.8, 4) is 0 Å². The smallest absolute Gasteiger partial charge is 0.222 e. The van der Waals surface area contributed by atoms with Gasteiger partial charge in [0, 0.05) is 13.5 Å². The van der Waals surface area contributed by atoms with Gasteiger partial charge in [0.1, 0.15) is 0 Å². The van der Waals surface area contributed by atoms with E-state index in [1.54, 1.807) is 6.29 Å². The molecule has 0 aliphatic heterocycles. The van der Waals surface area contributed by atoms with Crippen LogP contribution in [0.2, 0.25) is 0 Å². The molecule has 0 rings (SSSR count). The summed E-state index contributed by atoms with van der Waals surface area (Å²) < 4.78 is 0. The number of carbonyl (C=O) groups excluding carboxylic acids is 2. The molecule has 0 saturated heterocycles. The van der Waals surface area contributed by atoms with Gasteiger partial charge in [-0.2, -0.15) is 0 Å². The number of hydrogen-bond donors (Lipinski definition) is 4. The Morgan fingerprint density at radius 3 is 2.71 bits per heavy atom. The number of nitrogens with two attached hydrogens (primary N) is 1. The van der Waals surface area contributed by atoms with Crippen LogP contribution in [0.25, 0.3) is 0 Å². The van der Waals surface area contributed by atoms with E-state index < -0.39 is 6.04 Å². The van der Waals surface area contributed by atoms with Crippen LogP contribution in [0, 0.1) is 5.41 Å². The maximum Gasteiger partial charge on any atom is 0.222 e. The predicted octanol–water partition coefficient (Wildman–Crippen LogP) is -1.14. The van der Waals surface area contributed by atoms with Crippen molar-refractivity contribution in [2.45, 2.75) is 25.8 Å². The molecule has 0 aromatic rings. The first-order chi connectivity index (χ1) is 6.56. The van der Waals surface area contributed by atoms with E-state index in [0.717, 1.165) is 0 Å². The van der Waals surface area contributed by atoms with Gasteiger partial charge in [-0.25, -0.2) is 0 Å². The lowest BCUT2D eigenvalue weighted by atomic mass is 10.2. The standard InChI is InChI=1S/C8H15N4O2/c1-6(14)12-7(5-13)3-2-4-11-8(9)10/h7H,2-4H2,1H3,(H,12,14)(H4,9,10,11)/t7-/m1/s1. The van der Waals surface area contributed by atoms with Gasteiger partial charge in [0.15, 0.2) is 5.96 Å². The van der Waals surface area contributed by atoms with Crippen molar-refractivity contribution in [3.63, 3.8) is 0 Å². The highest BCUT2D eigenvalue weighted by atomic mass is 16.2. The lowest BCUT2D eigenvalue weighted by Crippen LogP contribution is -2.36. The van der Waals surface area contributed by atoms with Crippen molar-refractivity contribution in [1.82, 2.24) is 10.6 Å². The zero-order valence-corrected chi connectivity index (χ0v) is 8.09. The van der Waals surface area contributed by atoms with Gasteiger partial charge >= 0.3 is 0 Å². The first-order valence-electron chi connectivity index (χ1n) is 4.29. The molecular formula is C8H15N4O2. The van der Waals surface area contributed by atoms with Gasteiger partial charge in [0.2, 0.25) is 12.2 Å². The topological polar surface area (TPSA) is 108 Å². The Labute approximate surface area is 82.7 Å². The monoisotopic (exact) mass is 199 g/mol. The largest absolute Gasteiger partial charge is 0.370 e. The Morgan fingerprint density at radius 1 is 1.64 bits per heavy atom. The average molecular weight is 199 g/mol. The lowest BCUT2D eigenvalue weighted by Gasteiger charge is -2.10. The first kappa shape index (κ1) is 12.4. The summed E-state index contributed by atoms with van der Waals surface area (Å²) in [6.07, 6.45) is 2.85. The number of carbonyl (C=O) groups is 1. The SMILES string of the molecule is CC(=O)N[C@@H]([C]=O)CCCNC(=N)N. The number of hydrogen-bond acceptors (Lipinski definition) is 3. The molecule has 79 valence electrons. The van der Waals surface area contributed by atoms with Gasteiger partial charge in [-0.1, -0.05) is 0 Å². The second kappa shape index (κ2) is 6.88. The molecule has 0 fully saturated rings. The minimum absolute atomic E-state index is 0.101. The van der Waals surface area contributed by atoms with Gasteiger partial charge in [-0.05, 0) is 12.8 Å². The fourth-order valence-electron chi connectivity index (χ4n) is 0.935. The molecule has 1 radical (unpaired) electrons. The summed E-state index contributed by atoms with van der Waals surface area (Å²) in [6, 6.07) is -0.568. The summed E-state index contributed by atoms with van der Waals surface area (Å²) in [5.41, 5.74) is 5.05. The van der Waals surface area contributed by atoms with Crippen LogP contribution >= 0.6 is 0 Å². The molecule has 6 nitrogen and oxygen atoms in total. The molecule has 6 heteroatoms. The number of amides is 1. The van der Waals surface area contributed by atoms with Crippen LogP contribution in [0.15, 0.2) is 0 Å². The van der Waals surface area contributed by atoms with Gasteiger partial charge in [-0.15, -0.1) is 0 Å². The molecule has 5 N–H and O–H groups in total. The second-order valence-corrected chi connectivity index (χ2v) is 2.85. The van der Waals surface area contributed by atoms with Crippen LogP contribution in [0.3, 0.4) is 0 Å². The average Bonchev–Trinajstić information content (AvgIpc) is 2.09. The minimum atomic E-state index is -0.568. The summed E-state index contributed by atoms with van der Waals surface area (Å²) in [4.78, 5) is 20.9. The third kappa shape index (κ3) is 7.08. The lowest BCUT2D eigenvalue weighted by molar-refractivity contribution is -0.119. The molecule has 0 aromatic heterocycles. The normalized spacial score (nSPS) is 11.5. The maximum absolute atomic E-state index is 10.6. The van der Waals surface area contributed by atoms with E-state index in [4.69, 9.17) is 11.1 Å². The van der Waals surface area contributed by atoms with Crippen molar-refractivity contribution in [1.29, 1.82) is 5.41 Å². The molecule has 0 unspecified atom stereocenters. The summed E-state index contributed by atoms with van der Waals surface area (Å²) in [5, 5.41) is 11.9. The van der Waals surface area contributed by atoms with E-state index in [1.807, 2.05) is 0 Å². The molecule has 0 heterocycles. The summed E-state index contributed by atoms with van der Waals surface area (Å²) in [6.45, 7) is 1.85. The highest BCUT2D eigenvalue weighted by Gasteiger charge is 2.08. The van der Waals surface area contributed by atoms with Crippen molar-refractivity contribution < 1.29 is 9.59 Å². The van der Waals surface area contributed by atoms with Crippen LogP contribution in [0.5, 0.6) is 0 Å². The molecule has 0 aliphatic carbocycles. The first-order valence-corrected chi connectivity index (χ1v) is 4.29. The Balaban J connectivity index is 3.57. The van der Waals surface area contributed by atoms with E-state index in [2.05, 4.69) is 10.6 Å². The summed E-state index contributed by atoms with van der Waals surface area (Å²) in [5.74, 6) is -0.353. The molecule has 14 heavy (non-hydrogen) atoms. The minimum Gasteiger partial charge on any atom is -0.370 e. The maximum atomic E-state index is 10.6. The van der Waals surface area contributed by atoms with E-state index >= 15 is 0 Å².